The van der Waals surface area contributed by atoms with Crippen LogP contribution in [0, 0.1) is 5.82 Å². The lowest BCUT2D eigenvalue weighted by Gasteiger charge is -2.03. The van der Waals surface area contributed by atoms with Gasteiger partial charge in [0.15, 0.2) is 0 Å². The summed E-state index contributed by atoms with van der Waals surface area (Å²) >= 11 is 5.85. The Morgan fingerprint density at radius 2 is 2.00 bits per heavy atom. The third kappa shape index (κ3) is 3.95. The Morgan fingerprint density at radius 1 is 1.24 bits per heavy atom. The van der Waals surface area contributed by atoms with Crippen molar-refractivity contribution >= 4 is 23.5 Å². The van der Waals surface area contributed by atoms with E-state index in [0.717, 1.165) is 17.9 Å². The van der Waals surface area contributed by atoms with E-state index in [1.807, 2.05) is 6.92 Å². The molecular weight excluding hydrogens is 349 g/mol. The fourth-order valence-corrected chi connectivity index (χ4v) is 2.34. The summed E-state index contributed by atoms with van der Waals surface area (Å²) in [5.74, 6) is -0.141. The van der Waals surface area contributed by atoms with Gasteiger partial charge in [-0.1, -0.05) is 16.7 Å². The van der Waals surface area contributed by atoms with Gasteiger partial charge in [0.2, 0.25) is 5.89 Å². The standard InChI is InChI=1S/C17H13ClFN3O3/c1-2-24-12-6-3-10(4-7-12)16-21-22-17(25-16)20-15(23)13-8-5-11(19)9-14(13)18/h3-9H,2H2,1H3,(H,20,22,23). The zero-order chi connectivity index (χ0) is 17.8. The Hall–Kier alpha value is -2.93. The van der Waals surface area contributed by atoms with Gasteiger partial charge in [0, 0.05) is 5.56 Å². The maximum atomic E-state index is 13.0. The van der Waals surface area contributed by atoms with E-state index in [1.54, 1.807) is 24.3 Å². The molecule has 2 aromatic carbocycles. The highest BCUT2D eigenvalue weighted by Crippen LogP contribution is 2.24. The first-order valence-corrected chi connectivity index (χ1v) is 7.77. The summed E-state index contributed by atoms with van der Waals surface area (Å²) in [5.41, 5.74) is 0.778. The summed E-state index contributed by atoms with van der Waals surface area (Å²) in [6.07, 6.45) is 0. The third-order valence-corrected chi connectivity index (χ3v) is 3.55. The van der Waals surface area contributed by atoms with E-state index in [4.69, 9.17) is 20.8 Å². The molecule has 0 saturated carbocycles. The van der Waals surface area contributed by atoms with E-state index in [2.05, 4.69) is 15.5 Å². The van der Waals surface area contributed by atoms with Gasteiger partial charge in [-0.15, -0.1) is 5.10 Å². The average molecular weight is 362 g/mol. The van der Waals surface area contributed by atoms with Crippen molar-refractivity contribution < 1.29 is 18.3 Å². The molecular formula is C17H13ClFN3O3. The molecule has 0 aliphatic rings. The molecule has 1 heterocycles. The molecule has 128 valence electrons. The lowest BCUT2D eigenvalue weighted by Crippen LogP contribution is -2.12. The van der Waals surface area contributed by atoms with Crippen LogP contribution in [0.5, 0.6) is 5.75 Å². The van der Waals surface area contributed by atoms with Crippen LogP contribution in [-0.2, 0) is 0 Å². The van der Waals surface area contributed by atoms with E-state index >= 15 is 0 Å². The quantitative estimate of drug-likeness (QED) is 0.737. The second kappa shape index (κ2) is 7.31. The fraction of sp³-hybridized carbons (Fsp3) is 0.118. The van der Waals surface area contributed by atoms with Crippen molar-refractivity contribution in [1.29, 1.82) is 0 Å². The van der Waals surface area contributed by atoms with Gasteiger partial charge in [0.1, 0.15) is 11.6 Å². The normalized spacial score (nSPS) is 10.5. The number of aromatic nitrogens is 2. The first-order valence-electron chi connectivity index (χ1n) is 7.40. The van der Waals surface area contributed by atoms with Crippen LogP contribution < -0.4 is 10.1 Å². The molecule has 0 fully saturated rings. The van der Waals surface area contributed by atoms with Crippen LogP contribution in [0.1, 0.15) is 17.3 Å². The van der Waals surface area contributed by atoms with Gasteiger partial charge in [-0.2, -0.15) is 0 Å². The first kappa shape index (κ1) is 16.9. The summed E-state index contributed by atoms with van der Waals surface area (Å²) < 4.78 is 23.8. The van der Waals surface area contributed by atoms with E-state index in [1.165, 1.54) is 6.07 Å². The van der Waals surface area contributed by atoms with Crippen LogP contribution in [0.15, 0.2) is 46.9 Å². The highest BCUT2D eigenvalue weighted by atomic mass is 35.5. The van der Waals surface area contributed by atoms with Crippen LogP contribution in [0.3, 0.4) is 0 Å². The zero-order valence-corrected chi connectivity index (χ0v) is 13.9. The summed E-state index contributed by atoms with van der Waals surface area (Å²) in [6.45, 7) is 2.47. The molecule has 0 bridgehead atoms. The number of amides is 1. The maximum absolute atomic E-state index is 13.0. The van der Waals surface area contributed by atoms with Crippen molar-refractivity contribution in [1.82, 2.24) is 10.2 Å². The first-order chi connectivity index (χ1) is 12.1. The Balaban J connectivity index is 1.74. The van der Waals surface area contributed by atoms with E-state index in [-0.39, 0.29) is 22.5 Å². The van der Waals surface area contributed by atoms with E-state index in [0.29, 0.717) is 12.2 Å². The summed E-state index contributed by atoms with van der Waals surface area (Å²) in [5, 5.41) is 10.1. The Bertz CT molecular complexity index is 896. The predicted octanol–water partition coefficient (Wildman–Crippen LogP) is 4.18. The Kier molecular flexibility index (Phi) is 4.95. The molecule has 0 aliphatic heterocycles. The third-order valence-electron chi connectivity index (χ3n) is 3.23. The predicted molar refractivity (Wildman–Crippen MR) is 90.3 cm³/mol. The van der Waals surface area contributed by atoms with Gasteiger partial charge in [-0.25, -0.2) is 4.39 Å². The van der Waals surface area contributed by atoms with Gasteiger partial charge in [0.25, 0.3) is 5.91 Å². The highest BCUT2D eigenvalue weighted by molar-refractivity contribution is 6.34. The van der Waals surface area contributed by atoms with Gasteiger partial charge in [-0.3, -0.25) is 10.1 Å². The molecule has 1 N–H and O–H groups in total. The summed E-state index contributed by atoms with van der Waals surface area (Å²) in [4.78, 5) is 12.1. The minimum Gasteiger partial charge on any atom is -0.494 e. The van der Waals surface area contributed by atoms with Crippen LogP contribution in [0.2, 0.25) is 5.02 Å². The van der Waals surface area contributed by atoms with Crippen LogP contribution in [0.4, 0.5) is 10.4 Å². The maximum Gasteiger partial charge on any atom is 0.322 e. The number of hydrogen-bond donors (Lipinski definition) is 1. The largest absolute Gasteiger partial charge is 0.494 e. The van der Waals surface area contributed by atoms with E-state index < -0.39 is 11.7 Å². The molecule has 0 unspecified atom stereocenters. The smallest absolute Gasteiger partial charge is 0.322 e. The number of ether oxygens (including phenoxy) is 1. The van der Waals surface area contributed by atoms with Crippen molar-refractivity contribution in [2.45, 2.75) is 6.92 Å². The molecule has 1 amide bonds. The molecule has 6 nitrogen and oxygen atoms in total. The van der Waals surface area contributed by atoms with Crippen LogP contribution >= 0.6 is 11.6 Å². The van der Waals surface area contributed by atoms with Crippen LogP contribution in [0.25, 0.3) is 11.5 Å². The van der Waals surface area contributed by atoms with Crippen molar-refractivity contribution in [2.24, 2.45) is 0 Å². The molecule has 0 saturated heterocycles. The van der Waals surface area contributed by atoms with Crippen molar-refractivity contribution in [3.8, 4) is 17.2 Å². The number of nitrogens with zero attached hydrogens (tertiary/aromatic N) is 2. The Morgan fingerprint density at radius 3 is 2.68 bits per heavy atom. The topological polar surface area (TPSA) is 77.3 Å². The van der Waals surface area contributed by atoms with Crippen molar-refractivity contribution in [3.05, 3.63) is 58.9 Å². The van der Waals surface area contributed by atoms with Crippen LogP contribution in [-0.4, -0.2) is 22.7 Å². The molecule has 1 aromatic heterocycles. The Labute approximate surface area is 147 Å². The summed E-state index contributed by atoms with van der Waals surface area (Å²) in [7, 11) is 0. The second-order valence-electron chi connectivity index (χ2n) is 4.95. The number of rotatable bonds is 5. The molecule has 0 atom stereocenters. The lowest BCUT2D eigenvalue weighted by atomic mass is 10.2. The number of hydrogen-bond acceptors (Lipinski definition) is 5. The molecule has 0 radical (unpaired) electrons. The average Bonchev–Trinajstić information content (AvgIpc) is 3.04. The lowest BCUT2D eigenvalue weighted by molar-refractivity contribution is 0.102. The number of carbonyl (C=O) groups excluding carboxylic acids is 1. The summed E-state index contributed by atoms with van der Waals surface area (Å²) in [6, 6.07) is 10.5. The zero-order valence-electron chi connectivity index (χ0n) is 13.1. The van der Waals surface area contributed by atoms with Gasteiger partial charge < -0.3 is 9.15 Å². The van der Waals surface area contributed by atoms with Gasteiger partial charge in [-0.05, 0) is 49.4 Å². The molecule has 0 spiro atoms. The molecule has 3 rings (SSSR count). The second-order valence-corrected chi connectivity index (χ2v) is 5.36. The number of benzene rings is 2. The molecule has 25 heavy (non-hydrogen) atoms. The number of anilines is 1. The fourth-order valence-electron chi connectivity index (χ4n) is 2.09. The van der Waals surface area contributed by atoms with E-state index in [9.17, 15) is 9.18 Å². The number of nitrogens with one attached hydrogen (secondary N) is 1. The molecule has 8 heteroatoms. The van der Waals surface area contributed by atoms with Crippen molar-refractivity contribution in [2.75, 3.05) is 11.9 Å². The number of carbonyl (C=O) groups is 1. The SMILES string of the molecule is CCOc1ccc(-c2nnc(NC(=O)c3ccc(F)cc3Cl)o2)cc1. The van der Waals surface area contributed by atoms with Gasteiger partial charge in [0.05, 0.1) is 17.2 Å². The molecule has 3 aromatic rings. The molecule has 0 aliphatic carbocycles. The minimum atomic E-state index is -0.577. The highest BCUT2D eigenvalue weighted by Gasteiger charge is 2.15. The van der Waals surface area contributed by atoms with Crippen molar-refractivity contribution in [3.63, 3.8) is 0 Å². The number of halogens is 2. The minimum absolute atomic E-state index is 0.0104. The monoisotopic (exact) mass is 361 g/mol. The van der Waals surface area contributed by atoms with Gasteiger partial charge >= 0.3 is 6.01 Å².